The fraction of sp³-hybridized carbons (Fsp3) is 1.00. The van der Waals surface area contributed by atoms with Gasteiger partial charge in [0.1, 0.15) is 0 Å². The quantitative estimate of drug-likeness (QED) is 0.455. The molecule has 5 rings (SSSR count). The van der Waals surface area contributed by atoms with Crippen molar-refractivity contribution in [1.29, 1.82) is 0 Å². The molecule has 0 aromatic carbocycles. The van der Waals surface area contributed by atoms with E-state index in [2.05, 4.69) is 55.4 Å². The summed E-state index contributed by atoms with van der Waals surface area (Å²) in [7, 11) is 0. The Morgan fingerprint density at radius 2 is 1.36 bits per heavy atom. The normalized spacial score (nSPS) is 57.6. The second-order valence-corrected chi connectivity index (χ2v) is 15.4. The lowest BCUT2D eigenvalue weighted by Crippen LogP contribution is -2.66. The number of ether oxygens (including phenoxy) is 1. The SMILES string of the molecule is CC1(C)CCC[C@](C)([C@H]2CC[C@]3(C)[C@@H]2[C@H](O)C[C@H]2[C@]4(C)CC[C@H](O)C(C)(C)[C@H]4CC[C@]23C)O1. The maximum Gasteiger partial charge on any atom is 0.0693 e. The van der Waals surface area contributed by atoms with Crippen molar-refractivity contribution in [2.75, 3.05) is 0 Å². The predicted molar refractivity (Wildman–Crippen MR) is 134 cm³/mol. The Morgan fingerprint density at radius 1 is 0.697 bits per heavy atom. The fourth-order valence-electron chi connectivity index (χ4n) is 11.3. The van der Waals surface area contributed by atoms with Gasteiger partial charge < -0.3 is 14.9 Å². The van der Waals surface area contributed by atoms with Crippen LogP contribution in [0.5, 0.6) is 0 Å². The highest BCUT2D eigenvalue weighted by Crippen LogP contribution is 2.76. The molecular weight excluding hydrogens is 408 g/mol. The van der Waals surface area contributed by atoms with Gasteiger partial charge in [0.15, 0.2) is 0 Å². The van der Waals surface area contributed by atoms with E-state index in [-0.39, 0.29) is 45.1 Å². The van der Waals surface area contributed by atoms with Crippen LogP contribution in [0.1, 0.15) is 120 Å². The summed E-state index contributed by atoms with van der Waals surface area (Å²) in [6.45, 7) is 19.2. The van der Waals surface area contributed by atoms with Crippen molar-refractivity contribution < 1.29 is 14.9 Å². The van der Waals surface area contributed by atoms with Crippen molar-refractivity contribution in [3.8, 4) is 0 Å². The van der Waals surface area contributed by atoms with Gasteiger partial charge in [-0.1, -0.05) is 34.6 Å². The summed E-state index contributed by atoms with van der Waals surface area (Å²) in [5.74, 6) is 1.85. The highest BCUT2D eigenvalue weighted by Gasteiger charge is 2.71. The molecule has 0 aromatic heterocycles. The molecule has 0 bridgehead atoms. The summed E-state index contributed by atoms with van der Waals surface area (Å²) in [5.41, 5.74) is 0.392. The summed E-state index contributed by atoms with van der Waals surface area (Å²) in [6.07, 6.45) is 10.9. The van der Waals surface area contributed by atoms with Crippen molar-refractivity contribution in [3.05, 3.63) is 0 Å². The molecule has 0 radical (unpaired) electrons. The van der Waals surface area contributed by atoms with Crippen LogP contribution in [0.15, 0.2) is 0 Å². The molecule has 3 nitrogen and oxygen atoms in total. The number of aliphatic hydroxyl groups is 2. The van der Waals surface area contributed by atoms with Gasteiger partial charge in [0, 0.05) is 0 Å². The Kier molecular flexibility index (Phi) is 5.38. The molecule has 0 unspecified atom stereocenters. The van der Waals surface area contributed by atoms with Gasteiger partial charge >= 0.3 is 0 Å². The minimum absolute atomic E-state index is 0.0375. The van der Waals surface area contributed by atoms with Crippen LogP contribution in [0.3, 0.4) is 0 Å². The van der Waals surface area contributed by atoms with Gasteiger partial charge in [-0.05, 0) is 130 Å². The van der Waals surface area contributed by atoms with Gasteiger partial charge in [-0.25, -0.2) is 0 Å². The first-order valence-electron chi connectivity index (χ1n) is 14.2. The lowest BCUT2D eigenvalue weighted by atomic mass is 9.35. The molecule has 2 N–H and O–H groups in total. The molecule has 0 aromatic rings. The summed E-state index contributed by atoms with van der Waals surface area (Å²) in [5, 5.41) is 22.8. The first-order chi connectivity index (χ1) is 15.1. The average molecular weight is 461 g/mol. The minimum atomic E-state index is -0.239. The number of hydrogen-bond acceptors (Lipinski definition) is 3. The molecule has 1 heterocycles. The first kappa shape index (κ1) is 24.6. The molecule has 33 heavy (non-hydrogen) atoms. The Hall–Kier alpha value is -0.120. The predicted octanol–water partition coefficient (Wildman–Crippen LogP) is 6.74. The summed E-state index contributed by atoms with van der Waals surface area (Å²) in [4.78, 5) is 0. The third-order valence-corrected chi connectivity index (χ3v) is 13.1. The third kappa shape index (κ3) is 3.16. The van der Waals surface area contributed by atoms with Crippen LogP contribution in [0.4, 0.5) is 0 Å². The van der Waals surface area contributed by atoms with Crippen LogP contribution in [0.25, 0.3) is 0 Å². The Balaban J connectivity index is 1.51. The van der Waals surface area contributed by atoms with Crippen molar-refractivity contribution in [3.63, 3.8) is 0 Å². The van der Waals surface area contributed by atoms with Gasteiger partial charge in [-0.2, -0.15) is 0 Å². The van der Waals surface area contributed by atoms with E-state index in [0.717, 1.165) is 32.1 Å². The van der Waals surface area contributed by atoms with Crippen molar-refractivity contribution in [2.24, 2.45) is 45.3 Å². The van der Waals surface area contributed by atoms with Crippen LogP contribution in [0.2, 0.25) is 0 Å². The van der Waals surface area contributed by atoms with Crippen LogP contribution in [0, 0.1) is 45.3 Å². The van der Waals surface area contributed by atoms with Gasteiger partial charge in [0.2, 0.25) is 0 Å². The maximum atomic E-state index is 11.9. The Bertz CT molecular complexity index is 789. The molecule has 3 heteroatoms. The van der Waals surface area contributed by atoms with Crippen molar-refractivity contribution >= 4 is 0 Å². The molecule has 1 aliphatic heterocycles. The molecule has 190 valence electrons. The van der Waals surface area contributed by atoms with Gasteiger partial charge in [-0.15, -0.1) is 0 Å². The highest BCUT2D eigenvalue weighted by atomic mass is 16.5. The minimum Gasteiger partial charge on any atom is -0.393 e. The summed E-state index contributed by atoms with van der Waals surface area (Å²) >= 11 is 0. The average Bonchev–Trinajstić information content (AvgIpc) is 3.07. The number of aliphatic hydroxyl groups excluding tert-OH is 2. The Morgan fingerprint density at radius 3 is 2.03 bits per heavy atom. The van der Waals surface area contributed by atoms with Crippen LogP contribution < -0.4 is 0 Å². The zero-order valence-electron chi connectivity index (χ0n) is 22.8. The van der Waals surface area contributed by atoms with E-state index in [1.54, 1.807) is 0 Å². The van der Waals surface area contributed by atoms with Crippen LogP contribution in [-0.2, 0) is 4.74 Å². The topological polar surface area (TPSA) is 49.7 Å². The van der Waals surface area contributed by atoms with Gasteiger partial charge in [0.25, 0.3) is 0 Å². The van der Waals surface area contributed by atoms with E-state index >= 15 is 0 Å². The van der Waals surface area contributed by atoms with E-state index in [0.29, 0.717) is 23.7 Å². The smallest absolute Gasteiger partial charge is 0.0693 e. The molecule has 4 saturated carbocycles. The number of fused-ring (bicyclic) bond motifs is 5. The van der Waals surface area contributed by atoms with Crippen molar-refractivity contribution in [1.82, 2.24) is 0 Å². The van der Waals surface area contributed by atoms with Crippen LogP contribution in [-0.4, -0.2) is 33.6 Å². The number of hydrogen-bond donors (Lipinski definition) is 2. The van der Waals surface area contributed by atoms with Crippen molar-refractivity contribution in [2.45, 2.75) is 143 Å². The Labute approximate surface area is 203 Å². The number of rotatable bonds is 1. The molecule has 5 aliphatic rings. The lowest BCUT2D eigenvalue weighted by molar-refractivity contribution is -0.257. The second-order valence-electron chi connectivity index (χ2n) is 15.4. The van der Waals surface area contributed by atoms with Gasteiger partial charge in [-0.3, -0.25) is 0 Å². The largest absolute Gasteiger partial charge is 0.393 e. The first-order valence-corrected chi connectivity index (χ1v) is 14.2. The molecule has 10 atom stereocenters. The van der Waals surface area contributed by atoms with E-state index in [4.69, 9.17) is 4.74 Å². The van der Waals surface area contributed by atoms with E-state index in [1.165, 1.54) is 32.1 Å². The van der Waals surface area contributed by atoms with E-state index in [1.807, 2.05) is 0 Å². The summed E-state index contributed by atoms with van der Waals surface area (Å²) in [6, 6.07) is 0. The second kappa shape index (κ2) is 7.22. The molecule has 1 saturated heterocycles. The molecule has 0 amide bonds. The van der Waals surface area contributed by atoms with Gasteiger partial charge in [0.05, 0.1) is 23.4 Å². The fourth-order valence-corrected chi connectivity index (χ4v) is 11.3. The molecule has 5 fully saturated rings. The third-order valence-electron chi connectivity index (χ3n) is 13.1. The molecule has 4 aliphatic carbocycles. The van der Waals surface area contributed by atoms with Crippen LogP contribution >= 0.6 is 0 Å². The monoisotopic (exact) mass is 460 g/mol. The molecular formula is C30H52O3. The van der Waals surface area contributed by atoms with E-state index < -0.39 is 0 Å². The van der Waals surface area contributed by atoms with E-state index in [9.17, 15) is 10.2 Å². The lowest BCUT2D eigenvalue weighted by Gasteiger charge is -2.70. The zero-order chi connectivity index (χ0) is 24.2. The summed E-state index contributed by atoms with van der Waals surface area (Å²) < 4.78 is 6.86. The highest BCUT2D eigenvalue weighted by molar-refractivity contribution is 5.20. The zero-order valence-corrected chi connectivity index (χ0v) is 22.8. The molecule has 0 spiro atoms. The standard InChI is InChI=1S/C30H52O3/c1-25(2)13-9-14-30(8,33-25)19-10-16-29(7)24(19)20(31)18-22-27(5)15-12-23(32)26(3,4)21(27)11-17-28(22,29)6/h19-24,31-32H,9-18H2,1-8H3/t19-,20+,21+,22-,23-,24-,27+,28+,29+,30+/m0/s1. The maximum absolute atomic E-state index is 11.9.